The first-order valence-corrected chi connectivity index (χ1v) is 9.22. The van der Waals surface area contributed by atoms with Gasteiger partial charge in [-0.05, 0) is 36.3 Å². The lowest BCUT2D eigenvalue weighted by Gasteiger charge is -2.37. The summed E-state index contributed by atoms with van der Waals surface area (Å²) in [6, 6.07) is 5.88. The summed E-state index contributed by atoms with van der Waals surface area (Å²) < 4.78 is 1.90. The predicted octanol–water partition coefficient (Wildman–Crippen LogP) is 2.42. The second-order valence-electron chi connectivity index (χ2n) is 6.57. The van der Waals surface area contributed by atoms with E-state index in [4.69, 9.17) is 0 Å². The smallest absolute Gasteiger partial charge is 0.246 e. The first kappa shape index (κ1) is 14.9. The molecular formula is C17H22N4OS. The molecule has 0 radical (unpaired) electrons. The minimum absolute atomic E-state index is 0.0710. The average molecular weight is 330 g/mol. The Bertz CT molecular complexity index is 662. The van der Waals surface area contributed by atoms with E-state index < -0.39 is 0 Å². The number of rotatable bonds is 5. The lowest BCUT2D eigenvalue weighted by Crippen LogP contribution is -2.46. The van der Waals surface area contributed by atoms with E-state index in [2.05, 4.69) is 15.3 Å². The molecular weight excluding hydrogens is 308 g/mol. The van der Waals surface area contributed by atoms with Crippen LogP contribution in [-0.2, 0) is 17.9 Å². The molecule has 2 aromatic rings. The van der Waals surface area contributed by atoms with Gasteiger partial charge in [0.1, 0.15) is 6.04 Å². The van der Waals surface area contributed by atoms with Crippen LogP contribution in [0.3, 0.4) is 0 Å². The first-order chi connectivity index (χ1) is 11.3. The summed E-state index contributed by atoms with van der Waals surface area (Å²) in [6.07, 6.45) is 5.85. The molecule has 3 heterocycles. The highest BCUT2D eigenvalue weighted by Gasteiger charge is 2.32. The first-order valence-electron chi connectivity index (χ1n) is 8.34. The molecule has 0 bridgehead atoms. The molecule has 0 unspecified atom stereocenters. The molecule has 122 valence electrons. The Morgan fingerprint density at radius 2 is 2.30 bits per heavy atom. The number of thiophene rings is 1. The fourth-order valence-electron chi connectivity index (χ4n) is 3.44. The lowest BCUT2D eigenvalue weighted by molar-refractivity contribution is -0.126. The van der Waals surface area contributed by atoms with Crippen molar-refractivity contribution in [1.29, 1.82) is 0 Å². The van der Waals surface area contributed by atoms with E-state index >= 15 is 0 Å². The standard InChI is InChI=1S/C17H22N4OS/c22-17(18-9-15-5-2-8-23-15)16-12-20(10-13-3-1-4-13)11-14-6-7-19-21(14)16/h2,5-8,13,16H,1,3-4,9-12H2,(H,18,22)/t16-/m1/s1. The predicted molar refractivity (Wildman–Crippen MR) is 90.0 cm³/mol. The normalized spacial score (nSPS) is 21.7. The summed E-state index contributed by atoms with van der Waals surface area (Å²) in [5.74, 6) is 0.890. The van der Waals surface area contributed by atoms with Crippen LogP contribution in [0.1, 0.15) is 35.9 Å². The fourth-order valence-corrected chi connectivity index (χ4v) is 4.09. The van der Waals surface area contributed by atoms with Crippen LogP contribution < -0.4 is 5.32 Å². The lowest BCUT2D eigenvalue weighted by atomic mass is 9.85. The molecule has 5 nitrogen and oxygen atoms in total. The highest BCUT2D eigenvalue weighted by molar-refractivity contribution is 7.09. The van der Waals surface area contributed by atoms with Gasteiger partial charge in [0.25, 0.3) is 0 Å². The van der Waals surface area contributed by atoms with Crippen molar-refractivity contribution >= 4 is 17.2 Å². The number of nitrogens with one attached hydrogen (secondary N) is 1. The van der Waals surface area contributed by atoms with Gasteiger partial charge < -0.3 is 5.32 Å². The number of aromatic nitrogens is 2. The molecule has 1 aliphatic carbocycles. The van der Waals surface area contributed by atoms with Gasteiger partial charge >= 0.3 is 0 Å². The van der Waals surface area contributed by atoms with Crippen molar-refractivity contribution in [3.63, 3.8) is 0 Å². The van der Waals surface area contributed by atoms with Crippen LogP contribution >= 0.6 is 11.3 Å². The van der Waals surface area contributed by atoms with Crippen LogP contribution in [0.5, 0.6) is 0 Å². The summed E-state index contributed by atoms with van der Waals surface area (Å²) in [4.78, 5) is 16.3. The third kappa shape index (κ3) is 3.19. The Balaban J connectivity index is 1.44. The van der Waals surface area contributed by atoms with Gasteiger partial charge in [0, 0.05) is 30.7 Å². The highest BCUT2D eigenvalue weighted by atomic mass is 32.1. The minimum Gasteiger partial charge on any atom is -0.349 e. The summed E-state index contributed by atoms with van der Waals surface area (Å²) >= 11 is 1.67. The van der Waals surface area contributed by atoms with E-state index in [1.807, 2.05) is 34.5 Å². The summed E-state index contributed by atoms with van der Waals surface area (Å²) in [7, 11) is 0. The number of carbonyl (C=O) groups is 1. The zero-order valence-electron chi connectivity index (χ0n) is 13.1. The Hall–Kier alpha value is -1.66. The van der Waals surface area contributed by atoms with Crippen LogP contribution in [0.2, 0.25) is 0 Å². The SMILES string of the molecule is O=C(NCc1cccs1)[C@H]1CN(CC2CCC2)Cc2ccnn21. The molecule has 4 rings (SSSR count). The van der Waals surface area contributed by atoms with E-state index in [1.165, 1.54) is 24.1 Å². The van der Waals surface area contributed by atoms with Gasteiger partial charge in [-0.25, -0.2) is 0 Å². The summed E-state index contributed by atoms with van der Waals surface area (Å²) in [5, 5.41) is 9.49. The van der Waals surface area contributed by atoms with Gasteiger partial charge in [0.05, 0.1) is 12.2 Å². The highest BCUT2D eigenvalue weighted by Crippen LogP contribution is 2.29. The van der Waals surface area contributed by atoms with Crippen LogP contribution in [-0.4, -0.2) is 33.7 Å². The fraction of sp³-hybridized carbons (Fsp3) is 0.529. The van der Waals surface area contributed by atoms with Crippen LogP contribution in [0.4, 0.5) is 0 Å². The molecule has 6 heteroatoms. The van der Waals surface area contributed by atoms with Crippen molar-refractivity contribution in [2.24, 2.45) is 5.92 Å². The second-order valence-corrected chi connectivity index (χ2v) is 7.60. The Kier molecular flexibility index (Phi) is 4.18. The average Bonchev–Trinajstić information content (AvgIpc) is 3.18. The van der Waals surface area contributed by atoms with E-state index in [9.17, 15) is 4.79 Å². The van der Waals surface area contributed by atoms with Crippen LogP contribution in [0, 0.1) is 5.92 Å². The van der Waals surface area contributed by atoms with Crippen molar-refractivity contribution < 1.29 is 4.79 Å². The quantitative estimate of drug-likeness (QED) is 0.916. The molecule has 0 spiro atoms. The molecule has 1 saturated carbocycles. The van der Waals surface area contributed by atoms with E-state index in [0.717, 1.165) is 31.2 Å². The molecule has 0 aromatic carbocycles. The van der Waals surface area contributed by atoms with Gasteiger partial charge in [-0.3, -0.25) is 14.4 Å². The molecule has 1 amide bonds. The molecule has 2 aliphatic rings. The topological polar surface area (TPSA) is 50.2 Å². The maximum Gasteiger partial charge on any atom is 0.246 e. The van der Waals surface area contributed by atoms with Crippen LogP contribution in [0.25, 0.3) is 0 Å². The van der Waals surface area contributed by atoms with Gasteiger partial charge in [-0.1, -0.05) is 12.5 Å². The van der Waals surface area contributed by atoms with Crippen molar-refractivity contribution in [3.8, 4) is 0 Å². The van der Waals surface area contributed by atoms with Gasteiger partial charge in [-0.15, -0.1) is 11.3 Å². The molecule has 23 heavy (non-hydrogen) atoms. The van der Waals surface area contributed by atoms with Crippen molar-refractivity contribution in [2.75, 3.05) is 13.1 Å². The third-order valence-corrected chi connectivity index (χ3v) is 5.80. The van der Waals surface area contributed by atoms with Crippen molar-refractivity contribution in [3.05, 3.63) is 40.3 Å². The number of nitrogens with zero attached hydrogens (tertiary/aromatic N) is 3. The minimum atomic E-state index is -0.214. The molecule has 2 aromatic heterocycles. The molecule has 1 aliphatic heterocycles. The number of hydrogen-bond acceptors (Lipinski definition) is 4. The Morgan fingerprint density at radius 3 is 3.04 bits per heavy atom. The van der Waals surface area contributed by atoms with E-state index in [-0.39, 0.29) is 11.9 Å². The number of hydrogen-bond donors (Lipinski definition) is 1. The van der Waals surface area contributed by atoms with Gasteiger partial charge in [0.2, 0.25) is 5.91 Å². The Morgan fingerprint density at radius 1 is 1.39 bits per heavy atom. The van der Waals surface area contributed by atoms with Crippen LogP contribution in [0.15, 0.2) is 29.8 Å². The molecule has 1 N–H and O–H groups in total. The summed E-state index contributed by atoms with van der Waals surface area (Å²) in [5.41, 5.74) is 1.15. The Labute approximate surface area is 140 Å². The van der Waals surface area contributed by atoms with Crippen molar-refractivity contribution in [1.82, 2.24) is 20.0 Å². The van der Waals surface area contributed by atoms with E-state index in [1.54, 1.807) is 11.3 Å². The monoisotopic (exact) mass is 330 g/mol. The third-order valence-electron chi connectivity index (χ3n) is 4.92. The van der Waals surface area contributed by atoms with Gasteiger partial charge in [0.15, 0.2) is 0 Å². The molecule has 1 fully saturated rings. The molecule has 0 saturated heterocycles. The number of carbonyl (C=O) groups excluding carboxylic acids is 1. The zero-order chi connectivity index (χ0) is 15.6. The van der Waals surface area contributed by atoms with E-state index in [0.29, 0.717) is 6.54 Å². The molecule has 1 atom stereocenters. The maximum absolute atomic E-state index is 12.7. The number of amides is 1. The van der Waals surface area contributed by atoms with Gasteiger partial charge in [-0.2, -0.15) is 5.10 Å². The maximum atomic E-state index is 12.7. The van der Waals surface area contributed by atoms with Crippen molar-refractivity contribution in [2.45, 2.75) is 38.4 Å². The largest absolute Gasteiger partial charge is 0.349 e. The second kappa shape index (κ2) is 6.45. The zero-order valence-corrected chi connectivity index (χ0v) is 14.0. The summed E-state index contributed by atoms with van der Waals surface area (Å²) in [6.45, 7) is 3.39. The number of fused-ring (bicyclic) bond motifs is 1.